The zero-order valence-corrected chi connectivity index (χ0v) is 10.7. The van der Waals surface area contributed by atoms with E-state index in [1.165, 1.54) is 0 Å². The molecule has 0 aliphatic carbocycles. The molecule has 3 nitrogen and oxygen atoms in total. The lowest BCUT2D eigenvalue weighted by molar-refractivity contribution is -0.418. The molecule has 0 atom stereocenters. The Morgan fingerprint density at radius 1 is 1.15 bits per heavy atom. The molecule has 108 valence electrons. The van der Waals surface area contributed by atoms with Crippen LogP contribution >= 0.6 is 0 Å². The first kappa shape index (κ1) is 13.5. The highest BCUT2D eigenvalue weighted by molar-refractivity contribution is 5.60. The Bertz CT molecular complexity index is 519. The summed E-state index contributed by atoms with van der Waals surface area (Å²) >= 11 is 0. The van der Waals surface area contributed by atoms with Crippen LogP contribution in [0.2, 0.25) is 0 Å². The minimum atomic E-state index is -4.62. The van der Waals surface area contributed by atoms with Gasteiger partial charge in [-0.15, -0.1) is 13.2 Å². The van der Waals surface area contributed by atoms with E-state index in [1.54, 1.807) is 0 Å². The van der Waals surface area contributed by atoms with Gasteiger partial charge in [-0.25, -0.2) is 4.84 Å². The average molecular weight is 285 g/mol. The number of piperidine rings is 1. The van der Waals surface area contributed by atoms with E-state index in [9.17, 15) is 13.2 Å². The van der Waals surface area contributed by atoms with Crippen LogP contribution in [-0.2, 0) is 4.84 Å². The van der Waals surface area contributed by atoms with Crippen LogP contribution < -0.4 is 4.74 Å². The van der Waals surface area contributed by atoms with Crippen molar-refractivity contribution in [3.05, 3.63) is 35.9 Å². The highest BCUT2D eigenvalue weighted by Gasteiger charge is 2.40. The van der Waals surface area contributed by atoms with E-state index >= 15 is 0 Å². The van der Waals surface area contributed by atoms with Crippen molar-refractivity contribution in [3.8, 4) is 5.75 Å². The summed E-state index contributed by atoms with van der Waals surface area (Å²) in [5.41, 5.74) is 0.479. The van der Waals surface area contributed by atoms with Crippen molar-refractivity contribution >= 4 is 6.08 Å². The van der Waals surface area contributed by atoms with E-state index in [0.717, 1.165) is 16.4 Å². The first-order valence-electron chi connectivity index (χ1n) is 6.44. The molecule has 0 aromatic heterocycles. The molecule has 6 heteroatoms. The molecule has 0 amide bonds. The Hall–Kier alpha value is -1.53. The zero-order valence-electron chi connectivity index (χ0n) is 10.7. The second-order valence-electron chi connectivity index (χ2n) is 5.00. The number of fused-ring (bicyclic) bond motifs is 1. The fourth-order valence-corrected chi connectivity index (χ4v) is 2.58. The first-order chi connectivity index (χ1) is 9.46. The third kappa shape index (κ3) is 2.81. The molecular formula is C14H14F3NO2. The molecule has 2 aliphatic heterocycles. The molecule has 0 saturated carbocycles. The van der Waals surface area contributed by atoms with Gasteiger partial charge >= 0.3 is 6.36 Å². The van der Waals surface area contributed by atoms with Crippen LogP contribution in [0.3, 0.4) is 0 Å². The van der Waals surface area contributed by atoms with Gasteiger partial charge in [0.1, 0.15) is 11.4 Å². The molecular weight excluding hydrogens is 271 g/mol. The van der Waals surface area contributed by atoms with E-state index in [2.05, 4.69) is 4.84 Å². The number of nitrogens with zero attached hydrogens (tertiary/aromatic N) is 1. The van der Waals surface area contributed by atoms with Crippen molar-refractivity contribution in [1.29, 1.82) is 0 Å². The van der Waals surface area contributed by atoms with E-state index in [4.69, 9.17) is 4.74 Å². The van der Waals surface area contributed by atoms with E-state index in [-0.39, 0.29) is 13.1 Å². The zero-order chi connectivity index (χ0) is 14.2. The topological polar surface area (TPSA) is 21.7 Å². The summed E-state index contributed by atoms with van der Waals surface area (Å²) in [7, 11) is 0. The Balaban J connectivity index is 1.67. The Morgan fingerprint density at radius 3 is 2.55 bits per heavy atom. The fourth-order valence-electron chi connectivity index (χ4n) is 2.58. The van der Waals surface area contributed by atoms with Gasteiger partial charge in [0.05, 0.1) is 0 Å². The highest BCUT2D eigenvalue weighted by atomic mass is 19.4. The summed E-state index contributed by atoms with van der Waals surface area (Å²) in [5.74, 6) is 0.778. The lowest BCUT2D eigenvalue weighted by Gasteiger charge is -2.41. The Morgan fingerprint density at radius 2 is 1.85 bits per heavy atom. The first-order valence-corrected chi connectivity index (χ1v) is 6.44. The lowest BCUT2D eigenvalue weighted by atomic mass is 9.89. The second kappa shape index (κ2) is 4.79. The molecule has 1 fully saturated rings. The van der Waals surface area contributed by atoms with Crippen LogP contribution in [0.5, 0.6) is 5.75 Å². The lowest BCUT2D eigenvalue weighted by Crippen LogP contribution is -2.48. The largest absolute Gasteiger partial charge is 0.539 e. The maximum atomic E-state index is 12.2. The van der Waals surface area contributed by atoms with Gasteiger partial charge < -0.3 is 4.74 Å². The molecule has 1 saturated heterocycles. The number of halogens is 3. The number of para-hydroxylation sites is 1. The monoisotopic (exact) mass is 285 g/mol. The standard InChI is InChI=1S/C14H14F3NO2/c15-14(16,17)20-18-9-7-13(8-10-18)6-5-11-3-1-2-4-12(11)19-13/h1-6H,7-10H2. The molecule has 1 spiro atoms. The highest BCUT2D eigenvalue weighted by Crippen LogP contribution is 2.37. The van der Waals surface area contributed by atoms with Gasteiger partial charge in [-0.05, 0) is 12.1 Å². The molecule has 0 N–H and O–H groups in total. The number of benzene rings is 1. The fraction of sp³-hybridized carbons (Fsp3) is 0.429. The summed E-state index contributed by atoms with van der Waals surface area (Å²) in [6, 6.07) is 7.62. The van der Waals surface area contributed by atoms with Crippen LogP contribution in [-0.4, -0.2) is 30.1 Å². The summed E-state index contributed by atoms with van der Waals surface area (Å²) in [5, 5.41) is 0.947. The van der Waals surface area contributed by atoms with E-state index in [0.29, 0.717) is 12.8 Å². The molecule has 0 unspecified atom stereocenters. The predicted molar refractivity (Wildman–Crippen MR) is 66.8 cm³/mol. The molecule has 1 aromatic carbocycles. The molecule has 0 bridgehead atoms. The minimum absolute atomic E-state index is 0.187. The molecule has 1 aromatic rings. The van der Waals surface area contributed by atoms with Gasteiger partial charge in [-0.1, -0.05) is 24.3 Å². The van der Waals surface area contributed by atoms with Crippen molar-refractivity contribution in [3.63, 3.8) is 0 Å². The predicted octanol–water partition coefficient (Wildman–Crippen LogP) is 3.38. The van der Waals surface area contributed by atoms with Crippen molar-refractivity contribution < 1.29 is 22.7 Å². The number of alkyl halides is 3. The van der Waals surface area contributed by atoms with Crippen LogP contribution in [0.4, 0.5) is 13.2 Å². The van der Waals surface area contributed by atoms with Gasteiger partial charge in [0.2, 0.25) is 0 Å². The van der Waals surface area contributed by atoms with E-state index in [1.807, 2.05) is 36.4 Å². The number of ether oxygens (including phenoxy) is 1. The smallest absolute Gasteiger partial charge is 0.482 e. The molecule has 0 radical (unpaired) electrons. The maximum absolute atomic E-state index is 12.2. The van der Waals surface area contributed by atoms with Gasteiger partial charge in [-0.2, -0.15) is 5.06 Å². The van der Waals surface area contributed by atoms with Gasteiger partial charge in [-0.3, -0.25) is 0 Å². The van der Waals surface area contributed by atoms with Crippen molar-refractivity contribution in [1.82, 2.24) is 5.06 Å². The van der Waals surface area contributed by atoms with Crippen molar-refractivity contribution in [2.45, 2.75) is 24.8 Å². The number of rotatable bonds is 1. The third-order valence-corrected chi connectivity index (χ3v) is 3.60. The van der Waals surface area contributed by atoms with Crippen molar-refractivity contribution in [2.24, 2.45) is 0 Å². The number of hydrogen-bond donors (Lipinski definition) is 0. The van der Waals surface area contributed by atoms with Crippen LogP contribution in [0, 0.1) is 0 Å². The summed E-state index contributed by atoms with van der Waals surface area (Å²) in [6.07, 6.45) is 0.224. The van der Waals surface area contributed by atoms with Crippen molar-refractivity contribution in [2.75, 3.05) is 13.1 Å². The number of hydroxylamine groups is 2. The molecule has 20 heavy (non-hydrogen) atoms. The summed E-state index contributed by atoms with van der Waals surface area (Å²) in [4.78, 5) is 3.94. The van der Waals surface area contributed by atoms with Crippen LogP contribution in [0.25, 0.3) is 6.08 Å². The van der Waals surface area contributed by atoms with Crippen LogP contribution in [0.1, 0.15) is 18.4 Å². The van der Waals surface area contributed by atoms with Gasteiger partial charge in [0.15, 0.2) is 0 Å². The molecule has 2 heterocycles. The summed E-state index contributed by atoms with van der Waals surface area (Å²) < 4.78 is 42.5. The Labute approximate surface area is 114 Å². The maximum Gasteiger partial charge on any atom is 0.539 e. The van der Waals surface area contributed by atoms with Gasteiger partial charge in [0.25, 0.3) is 0 Å². The molecule has 2 aliphatic rings. The molecule has 3 rings (SSSR count). The third-order valence-electron chi connectivity index (χ3n) is 3.60. The Kier molecular flexibility index (Phi) is 3.22. The van der Waals surface area contributed by atoms with Crippen LogP contribution in [0.15, 0.2) is 30.3 Å². The van der Waals surface area contributed by atoms with E-state index < -0.39 is 12.0 Å². The second-order valence-corrected chi connectivity index (χ2v) is 5.00. The average Bonchev–Trinajstić information content (AvgIpc) is 2.40. The normalized spacial score (nSPS) is 21.6. The SMILES string of the molecule is FC(F)(F)ON1CCC2(C=Cc3ccccc3O2)CC1. The quantitative estimate of drug-likeness (QED) is 0.789. The summed E-state index contributed by atoms with van der Waals surface area (Å²) in [6.45, 7) is 0.373. The number of hydrogen-bond acceptors (Lipinski definition) is 3. The van der Waals surface area contributed by atoms with Gasteiger partial charge in [0, 0.05) is 31.5 Å². The minimum Gasteiger partial charge on any atom is -0.482 e.